The number of pyridine rings is 9. The third-order valence-corrected chi connectivity index (χ3v) is 27.1. The Morgan fingerprint density at radius 2 is 0.596 bits per heavy atom. The SMILES string of the molecule is CCc1c(CC)c2[n-]c1ccc1ccc3ccc4ccc(ccc5[n-]c2c(CC)c5CC)nc4c3n1.CCc1c2[n-]c(c1CC)-c1cccc(n1)-c1cccc(n1)-c1cccc(n1)C=c1[n-]c(c(CC)c1CC)=C2.CCc1c2[n-]c(c1CC)Cc1[n-]c(c(CC)c1CC)C=Cc1ccc3ccc4ccc(nc4c3n1)C=C2.[Pt+2].[Pt+2].[Pt+2].[Pt+2].[c-]1c2cccc1-c1[c-]c(ccc1)Cc1cccc(n1)-c1cccc(n1)C2. The summed E-state index contributed by atoms with van der Waals surface area (Å²) in [6.07, 6.45) is 26.3. The molecule has 0 saturated carbocycles. The van der Waals surface area contributed by atoms with Gasteiger partial charge in [0.25, 0.3) is 0 Å². The number of benzene rings is 4. The Bertz CT molecular complexity index is 7900. The van der Waals surface area contributed by atoms with Gasteiger partial charge in [-0.25, -0.2) is 46.0 Å². The zero-order valence-electron chi connectivity index (χ0n) is 81.4. The van der Waals surface area contributed by atoms with Gasteiger partial charge in [-0.05, 0) is 206 Å². The van der Waals surface area contributed by atoms with E-state index in [1.807, 2.05) is 60.7 Å². The molecule has 0 saturated heterocycles. The van der Waals surface area contributed by atoms with Crippen LogP contribution in [0.5, 0.6) is 0 Å². The molecule has 15 nitrogen and oxygen atoms in total. The zero-order valence-corrected chi connectivity index (χ0v) is 90.5. The van der Waals surface area contributed by atoms with E-state index in [1.54, 1.807) is 0 Å². The van der Waals surface area contributed by atoms with E-state index in [0.717, 1.165) is 308 Å². The summed E-state index contributed by atoms with van der Waals surface area (Å²) in [6, 6.07) is 83.9. The van der Waals surface area contributed by atoms with Crippen molar-refractivity contribution in [2.45, 2.75) is 179 Å². The first-order chi connectivity index (χ1) is 67.2. The number of nitrogens with zero attached hydrogens (tertiary/aromatic N) is 15. The molecular formula is C122H109N15Pt4. The number of hydrogen-bond donors (Lipinski definition) is 0. The number of rotatable bonds is 12. The van der Waals surface area contributed by atoms with Gasteiger partial charge in [0.05, 0.1) is 84.3 Å². The van der Waals surface area contributed by atoms with Crippen LogP contribution in [0.4, 0.5) is 0 Å². The van der Waals surface area contributed by atoms with Gasteiger partial charge in [-0.1, -0.05) is 265 Å². The van der Waals surface area contributed by atoms with Crippen molar-refractivity contribution >= 4 is 113 Å². The molecule has 141 heavy (non-hydrogen) atoms. The predicted molar refractivity (Wildman–Crippen MR) is 562 cm³/mol. The fourth-order valence-electron chi connectivity index (χ4n) is 20.5. The summed E-state index contributed by atoms with van der Waals surface area (Å²) in [5.74, 6) is 0. The minimum Gasteiger partial charge on any atom is -0.661 e. The first-order valence-corrected chi connectivity index (χ1v) is 49.0. The summed E-state index contributed by atoms with van der Waals surface area (Å²) >= 11 is 0. The van der Waals surface area contributed by atoms with Gasteiger partial charge in [0, 0.05) is 38.6 Å². The van der Waals surface area contributed by atoms with Crippen LogP contribution < -0.4 is 40.6 Å². The van der Waals surface area contributed by atoms with Crippen molar-refractivity contribution in [3.63, 3.8) is 0 Å². The van der Waals surface area contributed by atoms with Crippen LogP contribution in [-0.2, 0) is 181 Å². The summed E-state index contributed by atoms with van der Waals surface area (Å²) in [4.78, 5) is 75.7. The van der Waals surface area contributed by atoms with Gasteiger partial charge in [-0.3, -0.25) is 9.97 Å². The molecule has 3 aliphatic rings. The molecule has 0 atom stereocenters. The van der Waals surface area contributed by atoms with Gasteiger partial charge in [-0.15, -0.1) is 78.8 Å². The van der Waals surface area contributed by atoms with Crippen LogP contribution >= 0.6 is 0 Å². The zero-order chi connectivity index (χ0) is 93.9. The van der Waals surface area contributed by atoms with Crippen LogP contribution in [0, 0.1) is 12.1 Å². The molecule has 0 amide bonds. The minimum absolute atomic E-state index is 0. The van der Waals surface area contributed by atoms with Gasteiger partial charge in [0.1, 0.15) is 0 Å². The predicted octanol–water partition coefficient (Wildman–Crippen LogP) is 24.6. The van der Waals surface area contributed by atoms with Crippen molar-refractivity contribution in [2.75, 3.05) is 0 Å². The van der Waals surface area contributed by atoms with Gasteiger partial charge >= 0.3 is 84.3 Å². The maximum atomic E-state index is 5.19. The van der Waals surface area contributed by atoms with Crippen molar-refractivity contribution in [1.29, 1.82) is 0 Å². The largest absolute Gasteiger partial charge is 2.00 e. The molecule has 712 valence electrons. The fraction of sp³-hybridized carbons (Fsp3) is 0.221. The van der Waals surface area contributed by atoms with Crippen LogP contribution in [0.1, 0.15) is 218 Å². The van der Waals surface area contributed by atoms with E-state index in [9.17, 15) is 0 Å². The Kier molecular flexibility index (Phi) is 32.4. The van der Waals surface area contributed by atoms with Crippen molar-refractivity contribution in [1.82, 2.24) is 74.8 Å². The smallest absolute Gasteiger partial charge is 0.661 e. The molecule has 19 heterocycles. The molecule has 4 aromatic carbocycles. The summed E-state index contributed by atoms with van der Waals surface area (Å²) in [5, 5.41) is 6.36. The van der Waals surface area contributed by atoms with Crippen LogP contribution in [0.3, 0.4) is 0 Å². The van der Waals surface area contributed by atoms with E-state index < -0.39 is 0 Å². The van der Waals surface area contributed by atoms with E-state index in [0.29, 0.717) is 0 Å². The molecule has 0 fully saturated rings. The monoisotopic (exact) mass is 2560 g/mol. The molecule has 16 aromatic heterocycles. The Morgan fingerprint density at radius 3 is 1.04 bits per heavy atom. The normalized spacial score (nSPS) is 11.9. The Balaban J connectivity index is 0.000000135. The number of fused-ring (bicyclic) bond motifs is 36. The summed E-state index contributed by atoms with van der Waals surface area (Å²) in [5.41, 5.74) is 47.0. The van der Waals surface area contributed by atoms with Gasteiger partial charge in [-0.2, -0.15) is 47.8 Å². The topological polar surface area (TPSA) is 201 Å². The van der Waals surface area contributed by atoms with E-state index in [1.165, 1.54) is 66.8 Å². The molecule has 0 aliphatic carbocycles. The number of aryl methyl sites for hydroxylation is 4. The van der Waals surface area contributed by atoms with E-state index in [2.05, 4.69) is 295 Å². The van der Waals surface area contributed by atoms with Gasteiger partial charge in [0.2, 0.25) is 0 Å². The van der Waals surface area contributed by atoms with Crippen LogP contribution in [0.2, 0.25) is 0 Å². The first-order valence-electron chi connectivity index (χ1n) is 49.0. The van der Waals surface area contributed by atoms with E-state index in [4.69, 9.17) is 74.8 Å². The molecule has 3 aliphatic heterocycles. The van der Waals surface area contributed by atoms with Gasteiger partial charge in [0.15, 0.2) is 0 Å². The Hall–Kier alpha value is -12.6. The third-order valence-electron chi connectivity index (χ3n) is 27.1. The molecular weight excluding hydrogens is 2460 g/mol. The van der Waals surface area contributed by atoms with Crippen molar-refractivity contribution in [3.8, 4) is 56.7 Å². The van der Waals surface area contributed by atoms with Crippen LogP contribution in [-0.4, -0.2) is 44.9 Å². The van der Waals surface area contributed by atoms with Crippen molar-refractivity contribution in [3.05, 3.63) is 382 Å². The standard InChI is InChI=1S/C33H31N5.C33H32N4.C32H30N4.C24H16N2.4Pt/c1-5-21-22(6-2)31-19-32-23(7-3)24(8-4)33(38-32)29-17-11-16-28(36-29)27-15-10-14-26(35-27)25-13-9-12-20(34-25)18-30(21)37-31;1-5-24-26(7-3)30-19-31-27(8-4)25(6-2)29(37-31)18-16-23-14-12-21-10-9-20-11-13-22(15-17-28(24)36-30)34-32(20)33(21)35-23;1-5-23-25(7-3)31-32-26(8-4)24(6-2)28(36-32)18-16-22-14-12-20-10-9-19-11-13-21(15-17-27(23)35-31)33-29(19)30(20)34-22;1-5-17-13-19(7-1)20-8-2-6-18(14-20)16-22-10-4-12-24(26-22)23-11-3-9-21(15-17)25-23;;;;/h9-19H,5-8H2,1-4H3;9-18H,5-8,19H2,1-4H3;9-18H,5-8H2,1-4H3;1-12H,15-16H2;;;;/q4*-2;4*+2. The van der Waals surface area contributed by atoms with E-state index >= 15 is 0 Å². The summed E-state index contributed by atoms with van der Waals surface area (Å²) < 4.78 is 0. The second-order valence-electron chi connectivity index (χ2n) is 35.3. The second-order valence-corrected chi connectivity index (χ2v) is 35.3. The molecule has 19 heteroatoms. The third kappa shape index (κ3) is 20.7. The maximum absolute atomic E-state index is 5.19. The average Bonchev–Trinajstić information content (AvgIpc) is 1.53. The summed E-state index contributed by atoms with van der Waals surface area (Å²) in [6.45, 7) is 26.6. The van der Waals surface area contributed by atoms with Gasteiger partial charge < -0.3 is 29.9 Å². The fourth-order valence-corrected chi connectivity index (χ4v) is 20.5. The second kappa shape index (κ2) is 45.1. The Morgan fingerprint density at radius 1 is 0.241 bits per heavy atom. The molecule has 0 radical (unpaired) electrons. The molecule has 0 unspecified atom stereocenters. The quantitative estimate of drug-likeness (QED) is 0.0825. The van der Waals surface area contributed by atoms with Crippen LogP contribution in [0.25, 0.3) is 170 Å². The molecule has 0 spiro atoms. The summed E-state index contributed by atoms with van der Waals surface area (Å²) in [7, 11) is 0. The Labute approximate surface area is 882 Å². The van der Waals surface area contributed by atoms with E-state index in [-0.39, 0.29) is 84.3 Å². The average molecular weight is 2570 g/mol. The maximum Gasteiger partial charge on any atom is 2.00 e. The first kappa shape index (κ1) is 101. The molecule has 23 rings (SSSR count). The van der Waals surface area contributed by atoms with Crippen LogP contribution in [0.15, 0.2) is 224 Å². The molecule has 20 aromatic rings. The van der Waals surface area contributed by atoms with Crippen molar-refractivity contribution in [2.24, 2.45) is 0 Å². The van der Waals surface area contributed by atoms with Crippen molar-refractivity contribution < 1.29 is 84.3 Å². The number of hydrogen-bond acceptors (Lipinski definition) is 9. The number of aromatic nitrogens is 15. The molecule has 0 N–H and O–H groups in total. The molecule has 34 bridgehead atoms. The minimum atomic E-state index is 0.